The highest BCUT2D eigenvalue weighted by atomic mass is 15.1. The molecule has 0 aromatic carbocycles. The second-order valence-electron chi connectivity index (χ2n) is 3.32. The Morgan fingerprint density at radius 3 is 3.00 bits per heavy atom. The van der Waals surface area contributed by atoms with E-state index >= 15 is 0 Å². The SMILES string of the molecule is c1ccc(Nc2ncc3cc[nH]c3n2)nc1. The first-order valence-corrected chi connectivity index (χ1v) is 4.90. The molecule has 5 heteroatoms. The van der Waals surface area contributed by atoms with Crippen LogP contribution in [-0.4, -0.2) is 19.9 Å². The molecule has 0 radical (unpaired) electrons. The van der Waals surface area contributed by atoms with Crippen molar-refractivity contribution in [2.45, 2.75) is 0 Å². The molecule has 16 heavy (non-hydrogen) atoms. The van der Waals surface area contributed by atoms with Crippen LogP contribution in [0, 0.1) is 0 Å². The van der Waals surface area contributed by atoms with Gasteiger partial charge in [0.05, 0.1) is 0 Å². The van der Waals surface area contributed by atoms with Crippen molar-refractivity contribution in [3.05, 3.63) is 42.9 Å². The minimum Gasteiger partial charge on any atom is -0.346 e. The van der Waals surface area contributed by atoms with Crippen LogP contribution in [0.3, 0.4) is 0 Å². The molecule has 3 rings (SSSR count). The van der Waals surface area contributed by atoms with Gasteiger partial charge in [-0.15, -0.1) is 0 Å². The van der Waals surface area contributed by atoms with Gasteiger partial charge in [0.2, 0.25) is 5.95 Å². The van der Waals surface area contributed by atoms with E-state index < -0.39 is 0 Å². The van der Waals surface area contributed by atoms with Crippen LogP contribution in [0.2, 0.25) is 0 Å². The summed E-state index contributed by atoms with van der Waals surface area (Å²) in [6.07, 6.45) is 5.32. The average molecular weight is 211 g/mol. The molecule has 3 heterocycles. The van der Waals surface area contributed by atoms with Crippen LogP contribution in [-0.2, 0) is 0 Å². The molecular formula is C11H9N5. The molecule has 0 atom stereocenters. The molecule has 78 valence electrons. The summed E-state index contributed by atoms with van der Waals surface area (Å²) in [5.41, 5.74) is 0.813. The summed E-state index contributed by atoms with van der Waals surface area (Å²) in [6, 6.07) is 7.56. The number of hydrogen-bond donors (Lipinski definition) is 2. The maximum Gasteiger partial charge on any atom is 0.230 e. The lowest BCUT2D eigenvalue weighted by Gasteiger charge is -2.02. The molecule has 2 N–H and O–H groups in total. The molecule has 0 aliphatic rings. The van der Waals surface area contributed by atoms with Gasteiger partial charge in [0.1, 0.15) is 11.5 Å². The lowest BCUT2D eigenvalue weighted by Crippen LogP contribution is -1.97. The summed E-state index contributed by atoms with van der Waals surface area (Å²) >= 11 is 0. The van der Waals surface area contributed by atoms with Gasteiger partial charge >= 0.3 is 0 Å². The van der Waals surface area contributed by atoms with E-state index in [0.29, 0.717) is 5.95 Å². The number of aromatic nitrogens is 4. The van der Waals surface area contributed by atoms with Crippen molar-refractivity contribution in [1.29, 1.82) is 0 Å². The molecule has 3 aromatic rings. The van der Waals surface area contributed by atoms with Gasteiger partial charge in [-0.1, -0.05) is 6.07 Å². The number of H-pyrrole nitrogens is 1. The molecule has 0 bridgehead atoms. The third-order valence-electron chi connectivity index (χ3n) is 2.20. The molecular weight excluding hydrogens is 202 g/mol. The highest BCUT2D eigenvalue weighted by Crippen LogP contribution is 2.13. The summed E-state index contributed by atoms with van der Waals surface area (Å²) in [5.74, 6) is 1.27. The summed E-state index contributed by atoms with van der Waals surface area (Å²) in [5, 5.41) is 4.02. The summed E-state index contributed by atoms with van der Waals surface area (Å²) in [6.45, 7) is 0. The van der Waals surface area contributed by atoms with Crippen molar-refractivity contribution in [2.24, 2.45) is 0 Å². The monoisotopic (exact) mass is 211 g/mol. The number of anilines is 2. The second-order valence-corrected chi connectivity index (χ2v) is 3.32. The van der Waals surface area contributed by atoms with E-state index in [1.165, 1.54) is 0 Å². The van der Waals surface area contributed by atoms with Gasteiger partial charge in [0.15, 0.2) is 0 Å². The van der Waals surface area contributed by atoms with Crippen molar-refractivity contribution in [1.82, 2.24) is 19.9 Å². The van der Waals surface area contributed by atoms with Gasteiger partial charge < -0.3 is 10.3 Å². The minimum atomic E-state index is 0.536. The Balaban J connectivity index is 1.94. The smallest absolute Gasteiger partial charge is 0.230 e. The molecule has 0 amide bonds. The highest BCUT2D eigenvalue weighted by Gasteiger charge is 2.00. The summed E-state index contributed by atoms with van der Waals surface area (Å²) in [4.78, 5) is 15.7. The first kappa shape index (κ1) is 8.84. The van der Waals surface area contributed by atoms with Gasteiger partial charge in [-0.3, -0.25) is 0 Å². The Hall–Kier alpha value is -2.43. The molecule has 5 nitrogen and oxygen atoms in total. The third-order valence-corrected chi connectivity index (χ3v) is 2.20. The zero-order valence-electron chi connectivity index (χ0n) is 8.38. The van der Waals surface area contributed by atoms with Crippen LogP contribution in [0.15, 0.2) is 42.9 Å². The van der Waals surface area contributed by atoms with E-state index in [1.807, 2.05) is 30.5 Å². The zero-order chi connectivity index (χ0) is 10.8. The number of fused-ring (bicyclic) bond motifs is 1. The van der Waals surface area contributed by atoms with Crippen molar-refractivity contribution in [2.75, 3.05) is 5.32 Å². The molecule has 3 aromatic heterocycles. The van der Waals surface area contributed by atoms with Gasteiger partial charge in [-0.25, -0.2) is 9.97 Å². The molecule has 0 fully saturated rings. The molecule has 0 unspecified atom stereocenters. The number of hydrogen-bond acceptors (Lipinski definition) is 4. The number of aromatic amines is 1. The number of nitrogens with zero attached hydrogens (tertiary/aromatic N) is 3. The van der Waals surface area contributed by atoms with E-state index in [0.717, 1.165) is 16.9 Å². The van der Waals surface area contributed by atoms with Crippen molar-refractivity contribution < 1.29 is 0 Å². The van der Waals surface area contributed by atoms with E-state index in [9.17, 15) is 0 Å². The number of nitrogens with one attached hydrogen (secondary N) is 2. The van der Waals surface area contributed by atoms with E-state index in [1.54, 1.807) is 12.4 Å². The lowest BCUT2D eigenvalue weighted by molar-refractivity contribution is 1.17. The van der Waals surface area contributed by atoms with Crippen LogP contribution in [0.5, 0.6) is 0 Å². The van der Waals surface area contributed by atoms with E-state index in [2.05, 4.69) is 25.3 Å². The lowest BCUT2D eigenvalue weighted by atomic mass is 10.4. The van der Waals surface area contributed by atoms with Gasteiger partial charge in [-0.2, -0.15) is 4.98 Å². The Morgan fingerprint density at radius 2 is 2.12 bits per heavy atom. The van der Waals surface area contributed by atoms with Crippen LogP contribution >= 0.6 is 0 Å². The van der Waals surface area contributed by atoms with Crippen molar-refractivity contribution in [3.8, 4) is 0 Å². The topological polar surface area (TPSA) is 66.5 Å². The maximum atomic E-state index is 4.31. The second kappa shape index (κ2) is 3.62. The van der Waals surface area contributed by atoms with Crippen molar-refractivity contribution in [3.63, 3.8) is 0 Å². The fourth-order valence-electron chi connectivity index (χ4n) is 1.45. The Morgan fingerprint density at radius 1 is 1.12 bits per heavy atom. The average Bonchev–Trinajstić information content (AvgIpc) is 2.77. The van der Waals surface area contributed by atoms with Crippen molar-refractivity contribution >= 4 is 22.8 Å². The van der Waals surface area contributed by atoms with Gasteiger partial charge in [-0.05, 0) is 18.2 Å². The quantitative estimate of drug-likeness (QED) is 0.681. The highest BCUT2D eigenvalue weighted by molar-refractivity contribution is 5.75. The van der Waals surface area contributed by atoms with Gasteiger partial charge in [0.25, 0.3) is 0 Å². The summed E-state index contributed by atoms with van der Waals surface area (Å²) < 4.78 is 0. The molecule has 0 saturated carbocycles. The predicted molar refractivity (Wildman–Crippen MR) is 61.4 cm³/mol. The van der Waals surface area contributed by atoms with Crippen LogP contribution < -0.4 is 5.32 Å². The normalized spacial score (nSPS) is 10.5. The summed E-state index contributed by atoms with van der Waals surface area (Å²) in [7, 11) is 0. The first-order valence-electron chi connectivity index (χ1n) is 4.90. The Kier molecular flexibility index (Phi) is 2.00. The van der Waals surface area contributed by atoms with Gasteiger partial charge in [0, 0.05) is 24.0 Å². The molecule has 0 saturated heterocycles. The van der Waals surface area contributed by atoms with E-state index in [4.69, 9.17) is 0 Å². The largest absolute Gasteiger partial charge is 0.346 e. The fraction of sp³-hybridized carbons (Fsp3) is 0. The van der Waals surface area contributed by atoms with E-state index in [-0.39, 0.29) is 0 Å². The molecule has 0 aliphatic heterocycles. The fourth-order valence-corrected chi connectivity index (χ4v) is 1.45. The molecule has 0 spiro atoms. The standard InChI is InChI=1S/C11H9N5/c1-2-5-12-9(3-1)15-11-14-7-8-4-6-13-10(8)16-11/h1-7H,(H2,12,13,14,15,16). The predicted octanol–water partition coefficient (Wildman–Crippen LogP) is 2.10. The maximum absolute atomic E-state index is 4.31. The zero-order valence-corrected chi connectivity index (χ0v) is 8.38. The third kappa shape index (κ3) is 1.58. The van der Waals surface area contributed by atoms with Crippen LogP contribution in [0.4, 0.5) is 11.8 Å². The Labute approximate surface area is 91.6 Å². The first-order chi connectivity index (χ1) is 7.92. The minimum absolute atomic E-state index is 0.536. The molecule has 0 aliphatic carbocycles. The van der Waals surface area contributed by atoms with Crippen LogP contribution in [0.1, 0.15) is 0 Å². The van der Waals surface area contributed by atoms with Crippen LogP contribution in [0.25, 0.3) is 11.0 Å². The number of rotatable bonds is 2. The number of pyridine rings is 1. The Bertz CT molecular complexity index is 602.